The second kappa shape index (κ2) is 6.80. The van der Waals surface area contributed by atoms with Gasteiger partial charge in [-0.3, -0.25) is 0 Å². The van der Waals surface area contributed by atoms with Crippen LogP contribution in [0.25, 0.3) is 0 Å². The molecule has 0 bridgehead atoms. The molecule has 1 aromatic carbocycles. The van der Waals surface area contributed by atoms with Gasteiger partial charge >= 0.3 is 6.36 Å². The van der Waals surface area contributed by atoms with Crippen molar-refractivity contribution in [1.82, 2.24) is 0 Å². The van der Waals surface area contributed by atoms with Crippen molar-refractivity contribution in [3.63, 3.8) is 0 Å². The summed E-state index contributed by atoms with van der Waals surface area (Å²) in [5.41, 5.74) is 6.21. The lowest BCUT2D eigenvalue weighted by atomic mass is 10.0. The molecule has 0 amide bonds. The monoisotopic (exact) mass is 287 g/mol. The highest BCUT2D eigenvalue weighted by Gasteiger charge is 2.32. The molecule has 0 heterocycles. The first kappa shape index (κ1) is 17.0. The second-order valence-electron chi connectivity index (χ2n) is 3.69. The van der Waals surface area contributed by atoms with Crippen LogP contribution < -0.4 is 10.5 Å². The number of alkyl halides is 3. The van der Waals surface area contributed by atoms with Crippen LogP contribution in [0.4, 0.5) is 17.6 Å². The Morgan fingerprint density at radius 1 is 1.33 bits per heavy atom. The lowest BCUT2D eigenvalue weighted by Crippen LogP contribution is -2.21. The van der Waals surface area contributed by atoms with Crippen LogP contribution in [-0.4, -0.2) is 12.4 Å². The molecule has 0 aliphatic heterocycles. The van der Waals surface area contributed by atoms with E-state index >= 15 is 0 Å². The van der Waals surface area contributed by atoms with Gasteiger partial charge in [0.25, 0.3) is 0 Å². The maximum absolute atomic E-state index is 13.3. The smallest absolute Gasteiger partial charge is 0.403 e. The minimum atomic E-state index is -4.89. The average Bonchev–Trinajstić information content (AvgIpc) is 2.20. The number of hydrogen-bond donors (Lipinski definition) is 1. The van der Waals surface area contributed by atoms with Crippen molar-refractivity contribution in [2.75, 3.05) is 0 Å². The maximum Gasteiger partial charge on any atom is 0.573 e. The van der Waals surface area contributed by atoms with Crippen molar-refractivity contribution in [3.05, 3.63) is 29.6 Å². The molecule has 0 aliphatic carbocycles. The highest BCUT2D eigenvalue weighted by molar-refractivity contribution is 5.85. The van der Waals surface area contributed by atoms with Gasteiger partial charge in [0.2, 0.25) is 0 Å². The molecular weight excluding hydrogens is 274 g/mol. The standard InChI is InChI=1S/C11H13F4NO.ClH/c1-2-8(16)5-7-3-4-10(9(12)6-7)17-11(13,14)15;/h3-4,6,8H,2,5,16H2,1H3;1H. The van der Waals surface area contributed by atoms with E-state index in [2.05, 4.69) is 4.74 Å². The van der Waals surface area contributed by atoms with Gasteiger partial charge in [-0.25, -0.2) is 4.39 Å². The van der Waals surface area contributed by atoms with Crippen LogP contribution in [0.3, 0.4) is 0 Å². The first-order chi connectivity index (χ1) is 7.81. The lowest BCUT2D eigenvalue weighted by molar-refractivity contribution is -0.275. The number of hydrogen-bond acceptors (Lipinski definition) is 2. The molecule has 1 atom stereocenters. The Morgan fingerprint density at radius 3 is 2.39 bits per heavy atom. The number of benzene rings is 1. The molecule has 1 aromatic rings. The second-order valence-corrected chi connectivity index (χ2v) is 3.69. The van der Waals surface area contributed by atoms with E-state index in [1.807, 2.05) is 6.92 Å². The zero-order valence-electron chi connectivity index (χ0n) is 9.63. The summed E-state index contributed by atoms with van der Waals surface area (Å²) < 4.78 is 52.4. The van der Waals surface area contributed by atoms with Crippen LogP contribution in [0.5, 0.6) is 5.75 Å². The Morgan fingerprint density at radius 2 is 1.94 bits per heavy atom. The summed E-state index contributed by atoms with van der Waals surface area (Å²) in [5.74, 6) is -1.87. The SMILES string of the molecule is CCC(N)Cc1ccc(OC(F)(F)F)c(F)c1.Cl. The molecule has 0 fully saturated rings. The summed E-state index contributed by atoms with van der Waals surface area (Å²) in [6.45, 7) is 1.88. The summed E-state index contributed by atoms with van der Waals surface area (Å²) in [6, 6.07) is 3.21. The van der Waals surface area contributed by atoms with E-state index in [4.69, 9.17) is 5.73 Å². The number of nitrogens with two attached hydrogens (primary N) is 1. The minimum Gasteiger partial charge on any atom is -0.403 e. The number of rotatable bonds is 4. The van der Waals surface area contributed by atoms with Gasteiger partial charge in [0.1, 0.15) is 0 Å². The molecular formula is C11H14ClF4NO. The van der Waals surface area contributed by atoms with Crippen molar-refractivity contribution in [1.29, 1.82) is 0 Å². The van der Waals surface area contributed by atoms with Gasteiger partial charge in [-0.15, -0.1) is 25.6 Å². The van der Waals surface area contributed by atoms with E-state index < -0.39 is 17.9 Å². The fraction of sp³-hybridized carbons (Fsp3) is 0.455. The van der Waals surface area contributed by atoms with Crippen LogP contribution in [0.2, 0.25) is 0 Å². The molecule has 0 aliphatic rings. The first-order valence-electron chi connectivity index (χ1n) is 5.11. The molecule has 104 valence electrons. The van der Waals surface area contributed by atoms with Crippen molar-refractivity contribution < 1.29 is 22.3 Å². The predicted octanol–water partition coefficient (Wildman–Crippen LogP) is 3.43. The third kappa shape index (κ3) is 5.55. The molecule has 1 rings (SSSR count). The predicted molar refractivity (Wildman–Crippen MR) is 62.3 cm³/mol. The molecule has 0 saturated carbocycles. The Hall–Kier alpha value is -1.01. The maximum atomic E-state index is 13.3. The van der Waals surface area contributed by atoms with Crippen molar-refractivity contribution in [2.45, 2.75) is 32.2 Å². The third-order valence-corrected chi connectivity index (χ3v) is 2.24. The fourth-order valence-corrected chi connectivity index (χ4v) is 1.33. The Bertz CT molecular complexity index is 384. The fourth-order valence-electron chi connectivity index (χ4n) is 1.33. The van der Waals surface area contributed by atoms with E-state index in [1.54, 1.807) is 0 Å². The van der Waals surface area contributed by atoms with E-state index in [9.17, 15) is 17.6 Å². The van der Waals surface area contributed by atoms with Gasteiger partial charge in [-0.1, -0.05) is 13.0 Å². The van der Waals surface area contributed by atoms with Crippen molar-refractivity contribution >= 4 is 12.4 Å². The third-order valence-electron chi connectivity index (χ3n) is 2.24. The molecule has 7 heteroatoms. The topological polar surface area (TPSA) is 35.2 Å². The largest absolute Gasteiger partial charge is 0.573 e. The van der Waals surface area contributed by atoms with Gasteiger partial charge in [-0.05, 0) is 30.5 Å². The van der Waals surface area contributed by atoms with E-state index in [0.717, 1.165) is 12.1 Å². The van der Waals surface area contributed by atoms with E-state index in [1.165, 1.54) is 6.07 Å². The molecule has 2 N–H and O–H groups in total. The van der Waals surface area contributed by atoms with Gasteiger partial charge < -0.3 is 10.5 Å². The zero-order valence-corrected chi connectivity index (χ0v) is 10.4. The van der Waals surface area contributed by atoms with Crippen molar-refractivity contribution in [3.8, 4) is 5.75 Å². The van der Waals surface area contributed by atoms with Gasteiger partial charge in [0.05, 0.1) is 0 Å². The first-order valence-corrected chi connectivity index (χ1v) is 5.11. The molecule has 2 nitrogen and oxygen atoms in total. The Kier molecular flexibility index (Phi) is 6.42. The molecule has 0 aromatic heterocycles. The van der Waals surface area contributed by atoms with Crippen LogP contribution in [0, 0.1) is 5.82 Å². The normalized spacial score (nSPS) is 12.8. The van der Waals surface area contributed by atoms with Crippen LogP contribution in [-0.2, 0) is 6.42 Å². The highest BCUT2D eigenvalue weighted by Crippen LogP contribution is 2.26. The Labute approximate surface area is 109 Å². The van der Waals surface area contributed by atoms with Gasteiger partial charge in [0.15, 0.2) is 11.6 Å². The summed E-state index contributed by atoms with van der Waals surface area (Å²) in [4.78, 5) is 0. The average molecular weight is 288 g/mol. The van der Waals surface area contributed by atoms with Crippen LogP contribution in [0.15, 0.2) is 18.2 Å². The number of halogens is 5. The highest BCUT2D eigenvalue weighted by atomic mass is 35.5. The summed E-state index contributed by atoms with van der Waals surface area (Å²) in [6.07, 6.45) is -3.76. The summed E-state index contributed by atoms with van der Waals surface area (Å²) >= 11 is 0. The van der Waals surface area contributed by atoms with E-state index in [0.29, 0.717) is 18.4 Å². The number of ether oxygens (including phenoxy) is 1. The molecule has 0 spiro atoms. The van der Waals surface area contributed by atoms with Gasteiger partial charge in [0, 0.05) is 6.04 Å². The van der Waals surface area contributed by atoms with Crippen molar-refractivity contribution in [2.24, 2.45) is 5.73 Å². The molecule has 0 saturated heterocycles. The molecule has 0 radical (unpaired) electrons. The van der Waals surface area contributed by atoms with Crippen LogP contribution >= 0.6 is 12.4 Å². The molecule has 18 heavy (non-hydrogen) atoms. The minimum absolute atomic E-state index is 0. The van der Waals surface area contributed by atoms with Gasteiger partial charge in [-0.2, -0.15) is 0 Å². The Balaban J connectivity index is 0.00000289. The quantitative estimate of drug-likeness (QED) is 0.861. The van der Waals surface area contributed by atoms with Crippen LogP contribution in [0.1, 0.15) is 18.9 Å². The molecule has 1 unspecified atom stereocenters. The van der Waals surface area contributed by atoms with E-state index in [-0.39, 0.29) is 18.4 Å². The zero-order chi connectivity index (χ0) is 13.1. The lowest BCUT2D eigenvalue weighted by Gasteiger charge is -2.12. The summed E-state index contributed by atoms with van der Waals surface area (Å²) in [7, 11) is 0. The summed E-state index contributed by atoms with van der Waals surface area (Å²) in [5, 5.41) is 0.